The van der Waals surface area contributed by atoms with Crippen LogP contribution >= 0.6 is 15.9 Å². The molecule has 0 aliphatic heterocycles. The lowest BCUT2D eigenvalue weighted by Crippen LogP contribution is -2.31. The molecule has 1 atom stereocenters. The van der Waals surface area contributed by atoms with Gasteiger partial charge in [-0.05, 0) is 77.7 Å². The summed E-state index contributed by atoms with van der Waals surface area (Å²) < 4.78 is 11.7. The zero-order valence-electron chi connectivity index (χ0n) is 14.4. The highest BCUT2D eigenvalue weighted by Crippen LogP contribution is 2.28. The molecule has 2 rings (SSSR count). The van der Waals surface area contributed by atoms with Crippen molar-refractivity contribution in [1.29, 1.82) is 0 Å². The Morgan fingerprint density at radius 3 is 2.42 bits per heavy atom. The standard InChI is InChI=1S/C19H22BrNO3/c1-12-7-13(2)9-16(8-12)24-11-19(22)21-14(3)15-5-6-18(23-4)17(20)10-15/h5-10,14H,11H2,1-4H3,(H,21,22)/t14-/m0/s1. The number of hydrogen-bond acceptors (Lipinski definition) is 3. The lowest BCUT2D eigenvalue weighted by molar-refractivity contribution is -0.123. The number of rotatable bonds is 6. The fourth-order valence-electron chi connectivity index (χ4n) is 2.48. The van der Waals surface area contributed by atoms with E-state index in [2.05, 4.69) is 27.3 Å². The molecule has 0 aliphatic rings. The van der Waals surface area contributed by atoms with Crippen LogP contribution in [-0.2, 0) is 4.79 Å². The summed E-state index contributed by atoms with van der Waals surface area (Å²) in [5.41, 5.74) is 3.21. The maximum atomic E-state index is 12.1. The fraction of sp³-hybridized carbons (Fsp3) is 0.316. The minimum absolute atomic E-state index is 0.00937. The minimum atomic E-state index is -0.159. The Bertz CT molecular complexity index is 710. The van der Waals surface area contributed by atoms with Gasteiger partial charge in [-0.25, -0.2) is 0 Å². The number of hydrogen-bond donors (Lipinski definition) is 1. The third kappa shape index (κ3) is 4.99. The van der Waals surface area contributed by atoms with Crippen molar-refractivity contribution >= 4 is 21.8 Å². The Kier molecular flexibility index (Phi) is 6.26. The number of aryl methyl sites for hydroxylation is 2. The molecule has 0 saturated heterocycles. The van der Waals surface area contributed by atoms with Gasteiger partial charge in [-0.15, -0.1) is 0 Å². The van der Waals surface area contributed by atoms with Gasteiger partial charge in [-0.3, -0.25) is 4.79 Å². The highest BCUT2D eigenvalue weighted by molar-refractivity contribution is 9.10. The Balaban J connectivity index is 1.92. The highest BCUT2D eigenvalue weighted by Gasteiger charge is 2.12. The van der Waals surface area contributed by atoms with Crippen molar-refractivity contribution in [3.63, 3.8) is 0 Å². The summed E-state index contributed by atoms with van der Waals surface area (Å²) in [4.78, 5) is 12.1. The Hall–Kier alpha value is -2.01. The molecule has 2 aromatic rings. The predicted octanol–water partition coefficient (Wildman–Crippen LogP) is 4.33. The zero-order chi connectivity index (χ0) is 17.7. The van der Waals surface area contributed by atoms with Crippen molar-refractivity contribution in [1.82, 2.24) is 5.32 Å². The summed E-state index contributed by atoms with van der Waals surface area (Å²) >= 11 is 3.45. The summed E-state index contributed by atoms with van der Waals surface area (Å²) in [6.45, 7) is 5.93. The molecule has 0 aromatic heterocycles. The van der Waals surface area contributed by atoms with Gasteiger partial charge in [-0.2, -0.15) is 0 Å². The van der Waals surface area contributed by atoms with E-state index in [1.165, 1.54) is 0 Å². The number of amides is 1. The summed E-state index contributed by atoms with van der Waals surface area (Å²) in [5, 5.41) is 2.93. The first kappa shape index (κ1) is 18.3. The number of methoxy groups -OCH3 is 1. The highest BCUT2D eigenvalue weighted by atomic mass is 79.9. The normalized spacial score (nSPS) is 11.7. The summed E-state index contributed by atoms with van der Waals surface area (Å²) in [6, 6.07) is 11.5. The van der Waals surface area contributed by atoms with Gasteiger partial charge in [0.15, 0.2) is 6.61 Å². The molecule has 0 unspecified atom stereocenters. The number of carbonyl (C=O) groups excluding carboxylic acids is 1. The van der Waals surface area contributed by atoms with Gasteiger partial charge in [-0.1, -0.05) is 12.1 Å². The number of carbonyl (C=O) groups is 1. The van der Waals surface area contributed by atoms with Crippen LogP contribution in [0.25, 0.3) is 0 Å². The molecule has 5 heteroatoms. The molecule has 0 bridgehead atoms. The second-order valence-electron chi connectivity index (χ2n) is 5.80. The smallest absolute Gasteiger partial charge is 0.258 e. The van der Waals surface area contributed by atoms with E-state index < -0.39 is 0 Å². The van der Waals surface area contributed by atoms with Crippen molar-refractivity contribution in [3.05, 3.63) is 57.6 Å². The topological polar surface area (TPSA) is 47.6 Å². The lowest BCUT2D eigenvalue weighted by Gasteiger charge is -2.16. The van der Waals surface area contributed by atoms with Crippen molar-refractivity contribution in [2.75, 3.05) is 13.7 Å². The largest absolute Gasteiger partial charge is 0.496 e. The van der Waals surface area contributed by atoms with Crippen molar-refractivity contribution in [3.8, 4) is 11.5 Å². The minimum Gasteiger partial charge on any atom is -0.496 e. The quantitative estimate of drug-likeness (QED) is 0.796. The van der Waals surface area contributed by atoms with Crippen LogP contribution in [-0.4, -0.2) is 19.6 Å². The first-order chi connectivity index (χ1) is 11.4. The van der Waals surface area contributed by atoms with E-state index in [1.807, 2.05) is 51.1 Å². The molecule has 0 saturated carbocycles. The molecule has 4 nitrogen and oxygen atoms in total. The third-order valence-corrected chi connectivity index (χ3v) is 4.24. The first-order valence-electron chi connectivity index (χ1n) is 7.73. The second-order valence-corrected chi connectivity index (χ2v) is 6.65. The van der Waals surface area contributed by atoms with Gasteiger partial charge >= 0.3 is 0 Å². The summed E-state index contributed by atoms with van der Waals surface area (Å²) in [7, 11) is 1.62. The third-order valence-electron chi connectivity index (χ3n) is 3.62. The van der Waals surface area contributed by atoms with E-state index in [0.717, 1.165) is 26.9 Å². The van der Waals surface area contributed by atoms with E-state index in [4.69, 9.17) is 9.47 Å². The molecule has 1 N–H and O–H groups in total. The SMILES string of the molecule is COc1ccc([C@H](C)NC(=O)COc2cc(C)cc(C)c2)cc1Br. The summed E-state index contributed by atoms with van der Waals surface area (Å²) in [6.07, 6.45) is 0. The van der Waals surface area contributed by atoms with Crippen LogP contribution in [0, 0.1) is 13.8 Å². The van der Waals surface area contributed by atoms with Crippen molar-refractivity contribution in [2.45, 2.75) is 26.8 Å². The van der Waals surface area contributed by atoms with E-state index in [0.29, 0.717) is 5.75 Å². The van der Waals surface area contributed by atoms with Crippen LogP contribution in [0.5, 0.6) is 11.5 Å². The van der Waals surface area contributed by atoms with Crippen LogP contribution in [0.1, 0.15) is 29.7 Å². The second kappa shape index (κ2) is 8.20. The molecule has 0 aliphatic carbocycles. The number of benzene rings is 2. The molecule has 128 valence electrons. The molecule has 0 radical (unpaired) electrons. The van der Waals surface area contributed by atoms with Crippen LogP contribution in [0.4, 0.5) is 0 Å². The zero-order valence-corrected chi connectivity index (χ0v) is 15.9. The predicted molar refractivity (Wildman–Crippen MR) is 98.7 cm³/mol. The molecule has 2 aromatic carbocycles. The van der Waals surface area contributed by atoms with Gasteiger partial charge in [0.25, 0.3) is 5.91 Å². The number of nitrogens with one attached hydrogen (secondary N) is 1. The van der Waals surface area contributed by atoms with E-state index >= 15 is 0 Å². The molecule has 24 heavy (non-hydrogen) atoms. The monoisotopic (exact) mass is 391 g/mol. The Labute approximate surface area is 151 Å². The van der Waals surface area contributed by atoms with Gasteiger partial charge in [0.2, 0.25) is 0 Å². The number of halogens is 1. The van der Waals surface area contributed by atoms with E-state index in [1.54, 1.807) is 7.11 Å². The average molecular weight is 392 g/mol. The molecule has 1 amide bonds. The van der Waals surface area contributed by atoms with Gasteiger partial charge in [0.1, 0.15) is 11.5 Å². The maximum absolute atomic E-state index is 12.1. The average Bonchev–Trinajstić information content (AvgIpc) is 2.52. The van der Waals surface area contributed by atoms with Crippen LogP contribution < -0.4 is 14.8 Å². The summed E-state index contributed by atoms with van der Waals surface area (Å²) in [5.74, 6) is 1.31. The van der Waals surface area contributed by atoms with Gasteiger partial charge in [0.05, 0.1) is 17.6 Å². The Morgan fingerprint density at radius 1 is 1.17 bits per heavy atom. The lowest BCUT2D eigenvalue weighted by atomic mass is 10.1. The van der Waals surface area contributed by atoms with Crippen LogP contribution in [0.2, 0.25) is 0 Å². The molecule has 0 heterocycles. The van der Waals surface area contributed by atoms with Gasteiger partial charge in [0, 0.05) is 0 Å². The first-order valence-corrected chi connectivity index (χ1v) is 8.52. The van der Waals surface area contributed by atoms with Gasteiger partial charge < -0.3 is 14.8 Å². The van der Waals surface area contributed by atoms with Crippen molar-refractivity contribution < 1.29 is 14.3 Å². The Morgan fingerprint density at radius 2 is 1.83 bits per heavy atom. The van der Waals surface area contributed by atoms with E-state index in [-0.39, 0.29) is 18.6 Å². The molecule has 0 fully saturated rings. The van der Waals surface area contributed by atoms with Crippen LogP contribution in [0.3, 0.4) is 0 Å². The maximum Gasteiger partial charge on any atom is 0.258 e. The fourth-order valence-corrected chi connectivity index (χ4v) is 3.04. The van der Waals surface area contributed by atoms with E-state index in [9.17, 15) is 4.79 Å². The van der Waals surface area contributed by atoms with Crippen molar-refractivity contribution in [2.24, 2.45) is 0 Å². The molecular weight excluding hydrogens is 370 g/mol. The molecule has 0 spiro atoms. The van der Waals surface area contributed by atoms with Crippen LogP contribution in [0.15, 0.2) is 40.9 Å². The molecular formula is C19H22BrNO3. The number of ether oxygens (including phenoxy) is 2.